The van der Waals surface area contributed by atoms with Crippen molar-refractivity contribution in [2.45, 2.75) is 55.4 Å². The van der Waals surface area contributed by atoms with Crippen LogP contribution in [-0.4, -0.2) is 35.2 Å². The molecule has 3 rings (SSSR count). The van der Waals surface area contributed by atoms with Crippen LogP contribution in [0, 0.1) is 0 Å². The Kier molecular flexibility index (Phi) is 21.2. The molecular weight excluding hydrogens is 560 g/mol. The van der Waals surface area contributed by atoms with Gasteiger partial charge in [-0.1, -0.05) is 64.6 Å². The standard InChI is InChI=1S/C27H22O7.C4H8.2C2H6.CH4O/c1-16(2)25(29)32-21-10-12-22(13-11-21)33-27(31)23-14-7-19(18-5-8-20(28)9-6-18)15-24(23)34-26(30)17(3)4;1-4(2)3;3*1-2/h5-15,28H,1,3H2,2,4H3;1H2,2-3H3;2*1-2H3;2H,1H3. The van der Waals surface area contributed by atoms with Crippen LogP contribution >= 0.6 is 0 Å². The summed E-state index contributed by atoms with van der Waals surface area (Å²) in [5.74, 6) is -1.45. The van der Waals surface area contributed by atoms with Crippen LogP contribution in [0.4, 0.5) is 0 Å². The van der Waals surface area contributed by atoms with Crippen molar-refractivity contribution >= 4 is 17.9 Å². The highest BCUT2D eigenvalue weighted by molar-refractivity contribution is 5.97. The Morgan fingerprint density at radius 2 is 0.977 bits per heavy atom. The third kappa shape index (κ3) is 15.3. The molecule has 238 valence electrons. The van der Waals surface area contributed by atoms with Crippen molar-refractivity contribution in [1.82, 2.24) is 0 Å². The number of rotatable bonds is 7. The fourth-order valence-corrected chi connectivity index (χ4v) is 2.73. The van der Waals surface area contributed by atoms with Crippen LogP contribution in [0.1, 0.15) is 65.7 Å². The van der Waals surface area contributed by atoms with Crippen molar-refractivity contribution in [3.8, 4) is 34.1 Å². The summed E-state index contributed by atoms with van der Waals surface area (Å²) in [6.07, 6.45) is 0. The number of hydrogen-bond acceptors (Lipinski definition) is 8. The molecule has 0 bridgehead atoms. The number of aliphatic hydroxyl groups excluding tert-OH is 1. The van der Waals surface area contributed by atoms with Gasteiger partial charge in [-0.2, -0.15) is 0 Å². The van der Waals surface area contributed by atoms with Crippen molar-refractivity contribution in [1.29, 1.82) is 0 Å². The second kappa shape index (κ2) is 22.6. The first-order chi connectivity index (χ1) is 20.9. The number of esters is 3. The molecular formula is C36H46O8. The van der Waals surface area contributed by atoms with Gasteiger partial charge in [-0.15, -0.1) is 6.58 Å². The maximum atomic E-state index is 12.9. The number of phenols is 1. The first kappa shape index (κ1) is 41.2. The fraction of sp³-hybridized carbons (Fsp3) is 0.250. The molecule has 0 saturated carbocycles. The van der Waals surface area contributed by atoms with E-state index < -0.39 is 17.9 Å². The van der Waals surface area contributed by atoms with Gasteiger partial charge < -0.3 is 24.4 Å². The predicted molar refractivity (Wildman–Crippen MR) is 177 cm³/mol. The van der Waals surface area contributed by atoms with E-state index in [4.69, 9.17) is 19.3 Å². The third-order valence-electron chi connectivity index (χ3n) is 4.55. The van der Waals surface area contributed by atoms with Gasteiger partial charge in [0.15, 0.2) is 0 Å². The lowest BCUT2D eigenvalue weighted by Gasteiger charge is -2.12. The van der Waals surface area contributed by atoms with Crippen LogP contribution in [0.25, 0.3) is 11.1 Å². The van der Waals surface area contributed by atoms with Crippen LogP contribution in [0.2, 0.25) is 0 Å². The van der Waals surface area contributed by atoms with Gasteiger partial charge >= 0.3 is 17.9 Å². The van der Waals surface area contributed by atoms with Gasteiger partial charge in [-0.3, -0.25) is 0 Å². The van der Waals surface area contributed by atoms with Gasteiger partial charge in [0.25, 0.3) is 0 Å². The van der Waals surface area contributed by atoms with E-state index in [1.807, 2.05) is 41.5 Å². The van der Waals surface area contributed by atoms with E-state index in [-0.39, 0.29) is 39.7 Å². The van der Waals surface area contributed by atoms with Crippen LogP contribution in [0.3, 0.4) is 0 Å². The average molecular weight is 607 g/mol. The molecule has 0 fully saturated rings. The highest BCUT2D eigenvalue weighted by Crippen LogP contribution is 2.30. The van der Waals surface area contributed by atoms with Gasteiger partial charge in [0.2, 0.25) is 0 Å². The molecule has 0 atom stereocenters. The molecule has 3 aromatic rings. The fourth-order valence-electron chi connectivity index (χ4n) is 2.73. The highest BCUT2D eigenvalue weighted by atomic mass is 16.6. The molecule has 0 amide bonds. The number of phenolic OH excluding ortho intramolecular Hbond substituents is 1. The van der Waals surface area contributed by atoms with Crippen molar-refractivity contribution < 1.29 is 38.8 Å². The Labute approximate surface area is 261 Å². The number of allylic oxidation sites excluding steroid dienone is 1. The summed E-state index contributed by atoms with van der Waals surface area (Å²) in [5.41, 5.74) is 3.00. The zero-order valence-corrected chi connectivity index (χ0v) is 27.3. The molecule has 0 unspecified atom stereocenters. The number of benzene rings is 3. The minimum atomic E-state index is -0.756. The van der Waals surface area contributed by atoms with Crippen LogP contribution in [0.5, 0.6) is 23.0 Å². The summed E-state index contributed by atoms with van der Waals surface area (Å²) in [6, 6.07) is 17.0. The van der Waals surface area contributed by atoms with Gasteiger partial charge in [0.1, 0.15) is 28.6 Å². The SMILES string of the molecule is C=C(C)C.C=C(C)C(=O)Oc1ccc(OC(=O)c2ccc(-c3ccc(O)cc3)cc2OC(=O)C(=C)C)cc1.CC.CC.CO. The largest absolute Gasteiger partial charge is 0.508 e. The second-order valence-electron chi connectivity index (χ2n) is 8.67. The first-order valence-electron chi connectivity index (χ1n) is 13.9. The van der Waals surface area contributed by atoms with Crippen molar-refractivity contribution in [3.05, 3.63) is 109 Å². The van der Waals surface area contributed by atoms with Crippen LogP contribution in [0.15, 0.2) is 103 Å². The van der Waals surface area contributed by atoms with Crippen molar-refractivity contribution in [2.24, 2.45) is 0 Å². The summed E-state index contributed by atoms with van der Waals surface area (Å²) in [6.45, 7) is 25.6. The zero-order chi connectivity index (χ0) is 34.4. The quantitative estimate of drug-likeness (QED) is 0.119. The number of ether oxygens (including phenoxy) is 3. The van der Waals surface area contributed by atoms with Gasteiger partial charge in [0, 0.05) is 18.3 Å². The smallest absolute Gasteiger partial charge is 0.347 e. The van der Waals surface area contributed by atoms with E-state index in [0.717, 1.165) is 12.7 Å². The molecule has 0 heterocycles. The topological polar surface area (TPSA) is 119 Å². The lowest BCUT2D eigenvalue weighted by molar-refractivity contribution is -0.131. The molecule has 0 radical (unpaired) electrons. The highest BCUT2D eigenvalue weighted by Gasteiger charge is 2.19. The van der Waals surface area contributed by atoms with Crippen LogP contribution in [-0.2, 0) is 9.59 Å². The van der Waals surface area contributed by atoms with E-state index in [9.17, 15) is 19.5 Å². The molecule has 0 aliphatic heterocycles. The molecule has 0 aliphatic rings. The molecule has 3 aromatic carbocycles. The monoisotopic (exact) mass is 606 g/mol. The van der Waals surface area contributed by atoms with Gasteiger partial charge in [-0.05, 0) is 87.4 Å². The molecule has 0 spiro atoms. The minimum Gasteiger partial charge on any atom is -0.508 e. The van der Waals surface area contributed by atoms with E-state index in [2.05, 4.69) is 19.7 Å². The Balaban J connectivity index is 0. The second-order valence-corrected chi connectivity index (χ2v) is 8.67. The van der Waals surface area contributed by atoms with E-state index >= 15 is 0 Å². The summed E-state index contributed by atoms with van der Waals surface area (Å²) in [7, 11) is 1.00. The zero-order valence-electron chi connectivity index (χ0n) is 27.3. The lowest BCUT2D eigenvalue weighted by atomic mass is 10.0. The number of carbonyl (C=O) groups excluding carboxylic acids is 3. The minimum absolute atomic E-state index is 0.00409. The molecule has 44 heavy (non-hydrogen) atoms. The van der Waals surface area contributed by atoms with E-state index in [1.54, 1.807) is 18.2 Å². The van der Waals surface area contributed by atoms with Crippen molar-refractivity contribution in [2.75, 3.05) is 7.11 Å². The van der Waals surface area contributed by atoms with E-state index in [1.165, 1.54) is 68.0 Å². The number of aliphatic hydroxyl groups is 1. The molecule has 8 heteroatoms. The number of carbonyl (C=O) groups is 3. The number of aromatic hydroxyl groups is 1. The Bertz CT molecular complexity index is 1360. The molecule has 0 aromatic heterocycles. The Hall–Kier alpha value is -4.95. The molecule has 0 saturated heterocycles. The van der Waals surface area contributed by atoms with Gasteiger partial charge in [0.05, 0.1) is 0 Å². The summed E-state index contributed by atoms with van der Waals surface area (Å²) in [5, 5.41) is 16.5. The third-order valence-corrected chi connectivity index (χ3v) is 4.55. The maximum absolute atomic E-state index is 12.9. The van der Waals surface area contributed by atoms with Crippen molar-refractivity contribution in [3.63, 3.8) is 0 Å². The van der Waals surface area contributed by atoms with E-state index in [0.29, 0.717) is 5.56 Å². The summed E-state index contributed by atoms with van der Waals surface area (Å²) in [4.78, 5) is 36.6. The van der Waals surface area contributed by atoms with Gasteiger partial charge in [-0.25, -0.2) is 14.4 Å². The number of hydrogen-bond donors (Lipinski definition) is 2. The Morgan fingerprint density at radius 1 is 0.591 bits per heavy atom. The average Bonchev–Trinajstić information content (AvgIpc) is 3.01. The Morgan fingerprint density at radius 3 is 1.41 bits per heavy atom. The molecule has 8 nitrogen and oxygen atoms in total. The summed E-state index contributed by atoms with van der Waals surface area (Å²) < 4.78 is 15.9. The molecule has 0 aliphatic carbocycles. The van der Waals surface area contributed by atoms with Crippen LogP contribution < -0.4 is 14.2 Å². The normalized spacial score (nSPS) is 8.86. The lowest BCUT2D eigenvalue weighted by Crippen LogP contribution is -2.15. The predicted octanol–water partition coefficient (Wildman–Crippen LogP) is 8.48. The summed E-state index contributed by atoms with van der Waals surface area (Å²) >= 11 is 0. The molecule has 2 N–H and O–H groups in total. The first-order valence-corrected chi connectivity index (χ1v) is 13.9. The maximum Gasteiger partial charge on any atom is 0.347 e.